The maximum Gasteiger partial charge on any atom is 0.0718 e. The van der Waals surface area contributed by atoms with E-state index in [4.69, 9.17) is 0 Å². The molecule has 0 saturated carbocycles. The van der Waals surface area contributed by atoms with Crippen molar-refractivity contribution in [3.05, 3.63) is 46.0 Å². The highest BCUT2D eigenvalue weighted by Crippen LogP contribution is 2.67. The van der Waals surface area contributed by atoms with Crippen LogP contribution in [-0.2, 0) is 11.0 Å². The fraction of sp³-hybridized carbons (Fsp3) is 0.550. The number of rotatable bonds is 0. The van der Waals surface area contributed by atoms with E-state index >= 15 is 0 Å². The highest BCUT2D eigenvalue weighted by molar-refractivity contribution is 7.06. The van der Waals surface area contributed by atoms with Gasteiger partial charge < -0.3 is 4.90 Å². The molecule has 2 unspecified atom stereocenters. The average Bonchev–Trinajstić information content (AvgIpc) is 3.03. The van der Waals surface area contributed by atoms with Crippen molar-refractivity contribution >= 4 is 17.2 Å². The van der Waals surface area contributed by atoms with Gasteiger partial charge in [0, 0.05) is 22.9 Å². The van der Waals surface area contributed by atoms with Crippen LogP contribution in [0.4, 0.5) is 5.69 Å². The first-order valence-electron chi connectivity index (χ1n) is 8.50. The first kappa shape index (κ1) is 15.2. The Bertz CT molecular complexity index is 802. The minimum atomic E-state index is -0.0304. The highest BCUT2D eigenvalue weighted by Gasteiger charge is 2.64. The molecule has 23 heavy (non-hydrogen) atoms. The Morgan fingerprint density at radius 1 is 1.09 bits per heavy atom. The van der Waals surface area contributed by atoms with Crippen molar-refractivity contribution in [2.75, 3.05) is 4.90 Å². The molecule has 4 rings (SSSR count). The maximum atomic E-state index is 4.54. The Labute approximate surface area is 143 Å². The molecular formula is C20H26N2S. The van der Waals surface area contributed by atoms with E-state index in [2.05, 4.69) is 82.1 Å². The van der Waals surface area contributed by atoms with E-state index in [1.807, 2.05) is 0 Å². The molecular weight excluding hydrogens is 300 g/mol. The molecule has 3 heteroatoms. The van der Waals surface area contributed by atoms with Gasteiger partial charge in [0.1, 0.15) is 0 Å². The third-order valence-electron chi connectivity index (χ3n) is 7.30. The molecule has 0 spiro atoms. The van der Waals surface area contributed by atoms with E-state index in [-0.39, 0.29) is 16.4 Å². The Hall–Kier alpha value is -1.35. The number of benzene rings is 1. The second-order valence-electron chi connectivity index (χ2n) is 8.44. The molecule has 2 nitrogen and oxygen atoms in total. The minimum Gasteiger partial charge on any atom is -0.353 e. The molecule has 0 amide bonds. The van der Waals surface area contributed by atoms with Gasteiger partial charge in [-0.25, -0.2) is 4.37 Å². The van der Waals surface area contributed by atoms with Crippen LogP contribution in [0.5, 0.6) is 0 Å². The van der Waals surface area contributed by atoms with Gasteiger partial charge in [-0.2, -0.15) is 0 Å². The van der Waals surface area contributed by atoms with Gasteiger partial charge in [0.2, 0.25) is 0 Å². The smallest absolute Gasteiger partial charge is 0.0718 e. The van der Waals surface area contributed by atoms with Gasteiger partial charge in [0.25, 0.3) is 0 Å². The van der Waals surface area contributed by atoms with Crippen LogP contribution in [0.1, 0.15) is 69.2 Å². The zero-order valence-electron chi connectivity index (χ0n) is 15.2. The van der Waals surface area contributed by atoms with Crippen LogP contribution in [0.25, 0.3) is 0 Å². The summed E-state index contributed by atoms with van der Waals surface area (Å²) in [6.45, 7) is 16.7. The molecule has 2 atom stereocenters. The van der Waals surface area contributed by atoms with E-state index in [0.29, 0.717) is 6.04 Å². The molecule has 122 valence electrons. The summed E-state index contributed by atoms with van der Waals surface area (Å²) in [7, 11) is 0. The largest absolute Gasteiger partial charge is 0.353 e. The SMILES string of the molecule is Cc1cccc2c1N1C(C)c3sncc3C1(C)C(C)(C)C2(C)C. The Kier molecular flexibility index (Phi) is 2.76. The first-order valence-corrected chi connectivity index (χ1v) is 9.27. The number of aryl methyl sites for hydroxylation is 1. The van der Waals surface area contributed by atoms with Crippen LogP contribution >= 0.6 is 11.5 Å². The number of para-hydroxylation sites is 1. The lowest BCUT2D eigenvalue weighted by Gasteiger charge is -2.62. The molecule has 3 heterocycles. The van der Waals surface area contributed by atoms with Gasteiger partial charge in [0.15, 0.2) is 0 Å². The van der Waals surface area contributed by atoms with Crippen molar-refractivity contribution in [1.29, 1.82) is 0 Å². The third-order valence-corrected chi connectivity index (χ3v) is 8.27. The summed E-state index contributed by atoms with van der Waals surface area (Å²) in [5.74, 6) is 0. The monoisotopic (exact) mass is 326 g/mol. The molecule has 0 saturated heterocycles. The van der Waals surface area contributed by atoms with Crippen molar-refractivity contribution in [2.45, 2.75) is 65.5 Å². The lowest BCUT2D eigenvalue weighted by molar-refractivity contribution is 0.0650. The van der Waals surface area contributed by atoms with Gasteiger partial charge in [0.05, 0.1) is 16.5 Å². The molecule has 1 aromatic carbocycles. The number of nitrogens with zero attached hydrogens (tertiary/aromatic N) is 2. The van der Waals surface area contributed by atoms with Gasteiger partial charge in [-0.05, 0) is 48.8 Å². The fourth-order valence-electron chi connectivity index (χ4n) is 5.03. The molecule has 0 bridgehead atoms. The summed E-state index contributed by atoms with van der Waals surface area (Å²) in [5, 5.41) is 0. The maximum absolute atomic E-state index is 4.54. The molecule has 2 aliphatic heterocycles. The molecule has 1 aromatic heterocycles. The van der Waals surface area contributed by atoms with E-state index in [9.17, 15) is 0 Å². The topological polar surface area (TPSA) is 16.1 Å². The Morgan fingerprint density at radius 3 is 2.48 bits per heavy atom. The number of hydrogen-bond donors (Lipinski definition) is 0. The zero-order chi connectivity index (χ0) is 16.8. The second kappa shape index (κ2) is 4.18. The number of anilines is 1. The van der Waals surface area contributed by atoms with Crippen molar-refractivity contribution in [2.24, 2.45) is 5.41 Å². The molecule has 0 aliphatic carbocycles. The molecule has 2 aromatic rings. The molecule has 0 N–H and O–H groups in total. The van der Waals surface area contributed by atoms with Crippen LogP contribution in [-0.4, -0.2) is 4.37 Å². The zero-order valence-corrected chi connectivity index (χ0v) is 16.0. The van der Waals surface area contributed by atoms with E-state index < -0.39 is 0 Å². The van der Waals surface area contributed by atoms with Crippen LogP contribution in [0.15, 0.2) is 24.4 Å². The summed E-state index contributed by atoms with van der Waals surface area (Å²) >= 11 is 1.67. The van der Waals surface area contributed by atoms with Crippen molar-refractivity contribution in [3.8, 4) is 0 Å². The second-order valence-corrected chi connectivity index (χ2v) is 9.28. The van der Waals surface area contributed by atoms with Crippen LogP contribution < -0.4 is 4.90 Å². The summed E-state index contributed by atoms with van der Waals surface area (Å²) in [6, 6.07) is 7.19. The summed E-state index contributed by atoms with van der Waals surface area (Å²) in [6.07, 6.45) is 2.12. The lowest BCUT2D eigenvalue weighted by atomic mass is 9.51. The van der Waals surface area contributed by atoms with Crippen LogP contribution in [0.2, 0.25) is 0 Å². The van der Waals surface area contributed by atoms with E-state index in [1.165, 1.54) is 27.3 Å². The quantitative estimate of drug-likeness (QED) is 0.629. The minimum absolute atomic E-state index is 0.0304. The van der Waals surface area contributed by atoms with E-state index in [0.717, 1.165) is 0 Å². The van der Waals surface area contributed by atoms with E-state index in [1.54, 1.807) is 11.5 Å². The Morgan fingerprint density at radius 2 is 1.78 bits per heavy atom. The van der Waals surface area contributed by atoms with Crippen LogP contribution in [0.3, 0.4) is 0 Å². The van der Waals surface area contributed by atoms with Crippen molar-refractivity contribution in [1.82, 2.24) is 4.37 Å². The normalized spacial score (nSPS) is 29.9. The number of fused-ring (bicyclic) bond motifs is 5. The number of hydrogen-bond acceptors (Lipinski definition) is 3. The lowest BCUT2D eigenvalue weighted by Crippen LogP contribution is -2.62. The van der Waals surface area contributed by atoms with Gasteiger partial charge in [-0.1, -0.05) is 45.9 Å². The third kappa shape index (κ3) is 1.44. The first-order chi connectivity index (χ1) is 10.7. The molecule has 2 aliphatic rings. The molecule has 0 fully saturated rings. The van der Waals surface area contributed by atoms with Gasteiger partial charge in [-0.15, -0.1) is 0 Å². The van der Waals surface area contributed by atoms with Crippen molar-refractivity contribution < 1.29 is 0 Å². The predicted molar refractivity (Wildman–Crippen MR) is 98.3 cm³/mol. The van der Waals surface area contributed by atoms with Gasteiger partial charge in [-0.3, -0.25) is 0 Å². The van der Waals surface area contributed by atoms with Crippen LogP contribution in [0, 0.1) is 12.3 Å². The summed E-state index contributed by atoms with van der Waals surface area (Å²) < 4.78 is 4.54. The fourth-order valence-corrected chi connectivity index (χ4v) is 5.91. The van der Waals surface area contributed by atoms with Gasteiger partial charge >= 0.3 is 0 Å². The average molecular weight is 327 g/mol. The molecule has 0 radical (unpaired) electrons. The predicted octanol–water partition coefficient (Wildman–Crippen LogP) is 5.57. The Balaban J connectivity index is 2.15. The standard InChI is InChI=1S/C20H26N2S/c1-12-9-8-10-14-16(12)22-13(2)17-15(11-21-23-17)20(22,7)19(5,6)18(14,3)4/h8-11,13H,1-7H3. The van der Waals surface area contributed by atoms with Crippen molar-refractivity contribution in [3.63, 3.8) is 0 Å². The number of aromatic nitrogens is 1. The summed E-state index contributed by atoms with van der Waals surface area (Å²) in [4.78, 5) is 4.12. The highest BCUT2D eigenvalue weighted by atomic mass is 32.1. The summed E-state index contributed by atoms with van der Waals surface area (Å²) in [5.41, 5.74) is 5.88.